The van der Waals surface area contributed by atoms with E-state index in [9.17, 15) is 9.59 Å². The number of carboxylic acids is 1. The van der Waals surface area contributed by atoms with Crippen LogP contribution in [0.25, 0.3) is 0 Å². The Morgan fingerprint density at radius 3 is 2.50 bits per heavy atom. The number of alkyl halides is 2. The van der Waals surface area contributed by atoms with Gasteiger partial charge in [0.2, 0.25) is 5.91 Å². The summed E-state index contributed by atoms with van der Waals surface area (Å²) in [5.41, 5.74) is 0.730. The van der Waals surface area contributed by atoms with Gasteiger partial charge in [-0.05, 0) is 24.3 Å². The maximum absolute atomic E-state index is 11.7. The molecule has 4 nitrogen and oxygen atoms in total. The second-order valence-electron chi connectivity index (χ2n) is 4.00. The first-order chi connectivity index (χ1) is 9.52. The summed E-state index contributed by atoms with van der Waals surface area (Å²) in [4.78, 5) is 22.4. The van der Waals surface area contributed by atoms with Gasteiger partial charge in [0.15, 0.2) is 0 Å². The van der Waals surface area contributed by atoms with E-state index in [-0.39, 0.29) is 23.3 Å². The van der Waals surface area contributed by atoms with Crippen molar-refractivity contribution in [1.29, 1.82) is 0 Å². The Balaban J connectivity index is 2.39. The molecule has 0 aliphatic carbocycles. The van der Waals surface area contributed by atoms with E-state index < -0.39 is 5.97 Å². The number of carboxylic acid groups (broad SMARTS) is 1. The van der Waals surface area contributed by atoms with E-state index in [0.717, 1.165) is 5.75 Å². The van der Waals surface area contributed by atoms with Crippen molar-refractivity contribution in [2.45, 2.75) is 11.8 Å². The third kappa shape index (κ3) is 6.50. The second kappa shape index (κ2) is 9.10. The van der Waals surface area contributed by atoms with Crippen LogP contribution in [0.2, 0.25) is 0 Å². The Kier molecular flexibility index (Phi) is 7.80. The molecule has 1 amide bonds. The summed E-state index contributed by atoms with van der Waals surface area (Å²) < 4.78 is 0. The van der Waals surface area contributed by atoms with Gasteiger partial charge >= 0.3 is 5.97 Å². The molecule has 1 aromatic carbocycles. The van der Waals surface area contributed by atoms with Crippen LogP contribution < -0.4 is 5.32 Å². The molecule has 1 atom stereocenters. The van der Waals surface area contributed by atoms with Crippen LogP contribution in [0.3, 0.4) is 0 Å². The van der Waals surface area contributed by atoms with Crippen molar-refractivity contribution in [1.82, 2.24) is 0 Å². The van der Waals surface area contributed by atoms with Crippen molar-refractivity contribution in [3.05, 3.63) is 29.8 Å². The fourth-order valence-corrected chi connectivity index (χ4v) is 2.82. The van der Waals surface area contributed by atoms with E-state index in [2.05, 4.69) is 5.32 Å². The largest absolute Gasteiger partial charge is 0.478 e. The van der Waals surface area contributed by atoms with Gasteiger partial charge in [-0.3, -0.25) is 4.79 Å². The summed E-state index contributed by atoms with van der Waals surface area (Å²) in [6.07, 6.45) is 0.206. The summed E-state index contributed by atoms with van der Waals surface area (Å²) in [6, 6.07) is 5.97. The minimum atomic E-state index is -1.000. The Labute approximate surface area is 131 Å². The predicted molar refractivity (Wildman–Crippen MR) is 84.3 cm³/mol. The molecule has 0 aromatic heterocycles. The standard InChI is InChI=1S/C13H15Cl2NO3S/c14-5-6-20-8-10(15)7-12(17)16-11-3-1-9(2-4-11)13(18)19/h1-4,10H,5-8H2,(H,16,17)(H,18,19). The number of anilines is 1. The van der Waals surface area contributed by atoms with Crippen molar-refractivity contribution in [2.24, 2.45) is 0 Å². The third-order valence-corrected chi connectivity index (χ3v) is 4.38. The first-order valence-electron chi connectivity index (χ1n) is 5.94. The average Bonchev–Trinajstić information content (AvgIpc) is 2.39. The molecular formula is C13H15Cl2NO3S. The number of rotatable bonds is 8. The number of thioether (sulfide) groups is 1. The molecule has 0 saturated carbocycles. The number of hydrogen-bond donors (Lipinski definition) is 2. The predicted octanol–water partition coefficient (Wildman–Crippen LogP) is 3.29. The Morgan fingerprint density at radius 2 is 1.95 bits per heavy atom. The maximum Gasteiger partial charge on any atom is 0.335 e. The maximum atomic E-state index is 11.7. The van der Waals surface area contributed by atoms with E-state index in [1.807, 2.05) is 0 Å². The van der Waals surface area contributed by atoms with Crippen LogP contribution in [0, 0.1) is 0 Å². The molecule has 0 bridgehead atoms. The minimum absolute atomic E-state index is 0.177. The first-order valence-corrected chi connectivity index (χ1v) is 8.06. The molecule has 0 fully saturated rings. The molecule has 2 N–H and O–H groups in total. The van der Waals surface area contributed by atoms with Crippen molar-refractivity contribution in [3.8, 4) is 0 Å². The van der Waals surface area contributed by atoms with E-state index in [4.69, 9.17) is 28.3 Å². The molecule has 0 aliphatic rings. The lowest BCUT2D eigenvalue weighted by molar-refractivity contribution is -0.116. The van der Waals surface area contributed by atoms with Gasteiger partial charge in [0, 0.05) is 29.5 Å². The lowest BCUT2D eigenvalue weighted by Crippen LogP contribution is -2.18. The number of aromatic carboxylic acids is 1. The third-order valence-electron chi connectivity index (χ3n) is 2.34. The summed E-state index contributed by atoms with van der Waals surface area (Å²) >= 11 is 13.2. The first kappa shape index (κ1) is 17.1. The van der Waals surface area contributed by atoms with E-state index in [1.54, 1.807) is 23.9 Å². The lowest BCUT2D eigenvalue weighted by Gasteiger charge is -2.09. The fraction of sp³-hybridized carbons (Fsp3) is 0.385. The summed E-state index contributed by atoms with van der Waals surface area (Å²) in [6.45, 7) is 0. The molecule has 1 aromatic rings. The molecule has 0 spiro atoms. The highest BCUT2D eigenvalue weighted by Gasteiger charge is 2.11. The molecule has 20 heavy (non-hydrogen) atoms. The zero-order valence-electron chi connectivity index (χ0n) is 10.6. The monoisotopic (exact) mass is 335 g/mol. The van der Waals surface area contributed by atoms with Crippen molar-refractivity contribution in [3.63, 3.8) is 0 Å². The molecule has 0 saturated heterocycles. The van der Waals surface area contributed by atoms with E-state index in [0.29, 0.717) is 17.3 Å². The smallest absolute Gasteiger partial charge is 0.335 e. The van der Waals surface area contributed by atoms with Crippen LogP contribution in [0.15, 0.2) is 24.3 Å². The number of hydrogen-bond acceptors (Lipinski definition) is 3. The van der Waals surface area contributed by atoms with Crippen LogP contribution in [0.4, 0.5) is 5.69 Å². The SMILES string of the molecule is O=C(CC(Cl)CSCCCl)Nc1ccc(C(=O)O)cc1. The van der Waals surface area contributed by atoms with Crippen LogP contribution in [0.5, 0.6) is 0 Å². The summed E-state index contributed by atoms with van der Waals surface area (Å²) in [5, 5.41) is 11.2. The number of nitrogens with one attached hydrogen (secondary N) is 1. The number of carbonyl (C=O) groups excluding carboxylic acids is 1. The summed E-state index contributed by atoms with van der Waals surface area (Å²) in [7, 11) is 0. The minimum Gasteiger partial charge on any atom is -0.478 e. The Morgan fingerprint density at radius 1 is 1.30 bits per heavy atom. The van der Waals surface area contributed by atoms with Crippen molar-refractivity contribution >= 4 is 52.5 Å². The molecule has 7 heteroatoms. The van der Waals surface area contributed by atoms with Crippen molar-refractivity contribution < 1.29 is 14.7 Å². The van der Waals surface area contributed by atoms with Gasteiger partial charge in [0.05, 0.1) is 10.9 Å². The van der Waals surface area contributed by atoms with Crippen molar-refractivity contribution in [2.75, 3.05) is 22.7 Å². The zero-order chi connectivity index (χ0) is 15.0. The highest BCUT2D eigenvalue weighted by molar-refractivity contribution is 7.99. The highest BCUT2D eigenvalue weighted by Crippen LogP contribution is 2.14. The van der Waals surface area contributed by atoms with Gasteiger partial charge in [-0.1, -0.05) is 0 Å². The second-order valence-corrected chi connectivity index (χ2v) is 6.14. The van der Waals surface area contributed by atoms with Gasteiger partial charge in [-0.25, -0.2) is 4.79 Å². The molecule has 0 aliphatic heterocycles. The van der Waals surface area contributed by atoms with Crippen LogP contribution >= 0.6 is 35.0 Å². The normalized spacial score (nSPS) is 11.9. The number of amides is 1. The molecule has 1 rings (SSSR count). The highest BCUT2D eigenvalue weighted by atomic mass is 35.5. The fourth-order valence-electron chi connectivity index (χ4n) is 1.43. The van der Waals surface area contributed by atoms with Gasteiger partial charge in [0.25, 0.3) is 0 Å². The van der Waals surface area contributed by atoms with Crippen LogP contribution in [0.1, 0.15) is 16.8 Å². The lowest BCUT2D eigenvalue weighted by atomic mass is 10.2. The number of benzene rings is 1. The zero-order valence-corrected chi connectivity index (χ0v) is 13.0. The molecule has 0 heterocycles. The Hall–Kier alpha value is -0.910. The summed E-state index contributed by atoms with van der Waals surface area (Å²) in [5.74, 6) is 0.846. The Bertz CT molecular complexity index is 453. The molecular weight excluding hydrogens is 321 g/mol. The van der Waals surface area contributed by atoms with Gasteiger partial charge in [-0.15, -0.1) is 23.2 Å². The molecule has 1 unspecified atom stereocenters. The van der Waals surface area contributed by atoms with Crippen LogP contribution in [-0.2, 0) is 4.79 Å². The topological polar surface area (TPSA) is 66.4 Å². The van der Waals surface area contributed by atoms with E-state index in [1.165, 1.54) is 12.1 Å². The quantitative estimate of drug-likeness (QED) is 0.565. The number of halogens is 2. The van der Waals surface area contributed by atoms with E-state index >= 15 is 0 Å². The van der Waals surface area contributed by atoms with Gasteiger partial charge in [-0.2, -0.15) is 11.8 Å². The van der Waals surface area contributed by atoms with Crippen LogP contribution in [-0.4, -0.2) is 39.7 Å². The number of carbonyl (C=O) groups is 2. The van der Waals surface area contributed by atoms with Gasteiger partial charge in [0.1, 0.15) is 0 Å². The molecule has 110 valence electrons. The molecule has 0 radical (unpaired) electrons. The van der Waals surface area contributed by atoms with Gasteiger partial charge < -0.3 is 10.4 Å². The average molecular weight is 336 g/mol.